The maximum absolute atomic E-state index is 13.1. The Morgan fingerprint density at radius 3 is 1.97 bits per heavy atom. The third-order valence-electron chi connectivity index (χ3n) is 3.72. The zero-order valence-corrected chi connectivity index (χ0v) is 16.4. The van der Waals surface area contributed by atoms with Gasteiger partial charge in [0.2, 0.25) is 5.75 Å². The molecule has 8 nitrogen and oxygen atoms in total. The van der Waals surface area contributed by atoms with Crippen LogP contribution in [-0.4, -0.2) is 50.0 Å². The van der Waals surface area contributed by atoms with Gasteiger partial charge in [0.15, 0.2) is 11.5 Å². The van der Waals surface area contributed by atoms with E-state index in [1.807, 2.05) is 18.2 Å². The molecule has 0 saturated carbocycles. The monoisotopic (exact) mass is 409 g/mol. The highest BCUT2D eigenvalue weighted by molar-refractivity contribution is 6.27. The van der Waals surface area contributed by atoms with Crippen molar-refractivity contribution in [3.05, 3.63) is 53.3 Å². The molecule has 0 atom stereocenters. The molecule has 0 spiro atoms. The molecule has 2 aromatic carbocycles. The number of carboxylic acid groups (broad SMARTS) is 2. The summed E-state index contributed by atoms with van der Waals surface area (Å²) in [5.74, 6) is -2.00. The lowest BCUT2D eigenvalue weighted by molar-refractivity contribution is -0.159. The van der Waals surface area contributed by atoms with Crippen LogP contribution in [0.1, 0.15) is 11.1 Å². The van der Waals surface area contributed by atoms with Crippen molar-refractivity contribution in [3.63, 3.8) is 0 Å². The molecule has 0 amide bonds. The third-order valence-corrected chi connectivity index (χ3v) is 3.72. The van der Waals surface area contributed by atoms with Crippen LogP contribution in [0, 0.1) is 5.82 Å². The summed E-state index contributed by atoms with van der Waals surface area (Å²) in [6, 6.07) is 10.5. The summed E-state index contributed by atoms with van der Waals surface area (Å²) in [7, 11) is 4.77. The zero-order chi connectivity index (χ0) is 21.8. The molecular formula is C20H24FNO7. The second-order valence-electron chi connectivity index (χ2n) is 5.70. The number of halogens is 1. The van der Waals surface area contributed by atoms with Gasteiger partial charge in [-0.1, -0.05) is 12.1 Å². The van der Waals surface area contributed by atoms with E-state index in [0.717, 1.165) is 24.1 Å². The lowest BCUT2D eigenvalue weighted by Gasteiger charge is -2.14. The maximum Gasteiger partial charge on any atom is 0.414 e. The predicted molar refractivity (Wildman–Crippen MR) is 103 cm³/mol. The van der Waals surface area contributed by atoms with Crippen molar-refractivity contribution < 1.29 is 38.4 Å². The van der Waals surface area contributed by atoms with E-state index >= 15 is 0 Å². The van der Waals surface area contributed by atoms with Crippen LogP contribution in [0.15, 0.2) is 36.4 Å². The molecule has 0 aliphatic rings. The summed E-state index contributed by atoms with van der Waals surface area (Å²) in [5.41, 5.74) is 2.00. The van der Waals surface area contributed by atoms with Crippen molar-refractivity contribution >= 4 is 11.9 Å². The van der Waals surface area contributed by atoms with Gasteiger partial charge in [-0.15, -0.1) is 0 Å². The number of benzene rings is 2. The Bertz CT molecular complexity index is 789. The van der Waals surface area contributed by atoms with Gasteiger partial charge < -0.3 is 29.7 Å². The van der Waals surface area contributed by atoms with Crippen LogP contribution >= 0.6 is 0 Å². The van der Waals surface area contributed by atoms with Gasteiger partial charge in [0.1, 0.15) is 5.82 Å². The molecule has 29 heavy (non-hydrogen) atoms. The fourth-order valence-corrected chi connectivity index (χ4v) is 2.40. The Kier molecular flexibility index (Phi) is 9.97. The number of rotatable bonds is 8. The summed E-state index contributed by atoms with van der Waals surface area (Å²) >= 11 is 0. The summed E-state index contributed by atoms with van der Waals surface area (Å²) in [5, 5.41) is 18.1. The van der Waals surface area contributed by atoms with Crippen LogP contribution < -0.4 is 19.5 Å². The van der Waals surface area contributed by atoms with E-state index < -0.39 is 11.9 Å². The number of aliphatic carboxylic acids is 2. The molecule has 9 heteroatoms. The van der Waals surface area contributed by atoms with Gasteiger partial charge in [-0.25, -0.2) is 14.0 Å². The van der Waals surface area contributed by atoms with E-state index in [1.165, 1.54) is 6.07 Å². The second-order valence-corrected chi connectivity index (χ2v) is 5.70. The normalized spacial score (nSPS) is 9.79. The largest absolute Gasteiger partial charge is 0.493 e. The van der Waals surface area contributed by atoms with Gasteiger partial charge in [0.05, 0.1) is 21.3 Å². The molecule has 158 valence electrons. The number of methoxy groups -OCH3 is 3. The van der Waals surface area contributed by atoms with Crippen LogP contribution in [0.2, 0.25) is 0 Å². The Morgan fingerprint density at radius 2 is 1.52 bits per heavy atom. The van der Waals surface area contributed by atoms with Crippen LogP contribution in [0.4, 0.5) is 4.39 Å². The zero-order valence-electron chi connectivity index (χ0n) is 16.4. The lowest BCUT2D eigenvalue weighted by Crippen LogP contribution is -2.17. The molecule has 0 fully saturated rings. The molecule has 0 aliphatic heterocycles. The van der Waals surface area contributed by atoms with Crippen LogP contribution in [0.3, 0.4) is 0 Å². The summed E-state index contributed by atoms with van der Waals surface area (Å²) in [6.07, 6.45) is 0.766. The Labute approximate surface area is 167 Å². The van der Waals surface area contributed by atoms with E-state index in [4.69, 9.17) is 34.0 Å². The average molecular weight is 409 g/mol. The highest BCUT2D eigenvalue weighted by Gasteiger charge is 2.12. The van der Waals surface area contributed by atoms with Crippen molar-refractivity contribution in [1.29, 1.82) is 0 Å². The van der Waals surface area contributed by atoms with Gasteiger partial charge in [-0.2, -0.15) is 0 Å². The fraction of sp³-hybridized carbons (Fsp3) is 0.300. The number of hydrogen-bond donors (Lipinski definition) is 3. The van der Waals surface area contributed by atoms with Crippen molar-refractivity contribution in [1.82, 2.24) is 5.32 Å². The van der Waals surface area contributed by atoms with Gasteiger partial charge >= 0.3 is 11.9 Å². The molecule has 2 rings (SSSR count). The van der Waals surface area contributed by atoms with Crippen molar-refractivity contribution in [2.24, 2.45) is 0 Å². The smallest absolute Gasteiger partial charge is 0.414 e. The van der Waals surface area contributed by atoms with Crippen molar-refractivity contribution in [2.45, 2.75) is 13.0 Å². The standard InChI is InChI=1S/C18H22FNO3.C2H2O4/c1-21-16-10-14(11-17(22-2)18(16)23-3)12-20-8-7-13-5-4-6-15(19)9-13;3-1(4)2(5)6/h4-6,9-11,20H,7-8,12H2,1-3H3;(H,3,4)(H,5,6). The van der Waals surface area contributed by atoms with E-state index in [-0.39, 0.29) is 5.82 Å². The van der Waals surface area contributed by atoms with Crippen LogP contribution in [-0.2, 0) is 22.6 Å². The fourth-order valence-electron chi connectivity index (χ4n) is 2.40. The topological polar surface area (TPSA) is 114 Å². The highest BCUT2D eigenvalue weighted by Crippen LogP contribution is 2.38. The molecule has 0 unspecified atom stereocenters. The van der Waals surface area contributed by atoms with E-state index in [9.17, 15) is 4.39 Å². The number of carboxylic acids is 2. The first-order valence-electron chi connectivity index (χ1n) is 8.52. The molecule has 0 aromatic heterocycles. The minimum Gasteiger partial charge on any atom is -0.493 e. The quantitative estimate of drug-likeness (QED) is 0.450. The van der Waals surface area contributed by atoms with E-state index in [1.54, 1.807) is 33.5 Å². The molecule has 0 radical (unpaired) electrons. The third kappa shape index (κ3) is 8.06. The molecule has 3 N–H and O–H groups in total. The molecule has 0 bridgehead atoms. The first kappa shape index (κ1) is 23.7. The number of nitrogens with one attached hydrogen (secondary N) is 1. The first-order chi connectivity index (χ1) is 13.8. The van der Waals surface area contributed by atoms with Crippen molar-refractivity contribution in [3.8, 4) is 17.2 Å². The molecule has 2 aromatic rings. The highest BCUT2D eigenvalue weighted by atomic mass is 19.1. The number of hydrogen-bond acceptors (Lipinski definition) is 6. The van der Waals surface area contributed by atoms with E-state index in [0.29, 0.717) is 23.8 Å². The van der Waals surface area contributed by atoms with E-state index in [2.05, 4.69) is 5.32 Å². The number of ether oxygens (including phenoxy) is 3. The Hall–Kier alpha value is -3.33. The minimum absolute atomic E-state index is 0.202. The molecular weight excluding hydrogens is 385 g/mol. The summed E-state index contributed by atoms with van der Waals surface area (Å²) < 4.78 is 29.1. The van der Waals surface area contributed by atoms with Crippen molar-refractivity contribution in [2.75, 3.05) is 27.9 Å². The van der Waals surface area contributed by atoms with Gasteiger partial charge in [-0.3, -0.25) is 0 Å². The minimum atomic E-state index is -1.82. The Balaban J connectivity index is 0.000000612. The average Bonchev–Trinajstić information content (AvgIpc) is 2.70. The Morgan fingerprint density at radius 1 is 0.931 bits per heavy atom. The summed E-state index contributed by atoms with van der Waals surface area (Å²) in [6.45, 7) is 1.41. The predicted octanol–water partition coefficient (Wildman–Crippen LogP) is 2.34. The SMILES string of the molecule is COc1cc(CNCCc2cccc(F)c2)cc(OC)c1OC.O=C(O)C(=O)O. The lowest BCUT2D eigenvalue weighted by atomic mass is 10.1. The van der Waals surface area contributed by atoms with Gasteiger partial charge in [0.25, 0.3) is 0 Å². The molecule has 0 heterocycles. The maximum atomic E-state index is 13.1. The first-order valence-corrected chi connectivity index (χ1v) is 8.52. The number of carbonyl (C=O) groups is 2. The summed E-state index contributed by atoms with van der Waals surface area (Å²) in [4.78, 5) is 18.2. The second kappa shape index (κ2) is 12.2. The van der Waals surface area contributed by atoms with Crippen LogP contribution in [0.5, 0.6) is 17.2 Å². The molecule has 0 saturated heterocycles. The van der Waals surface area contributed by atoms with Gasteiger partial charge in [0, 0.05) is 6.54 Å². The molecule has 0 aliphatic carbocycles. The van der Waals surface area contributed by atoms with Crippen LogP contribution in [0.25, 0.3) is 0 Å². The van der Waals surface area contributed by atoms with Gasteiger partial charge in [-0.05, 0) is 48.4 Å².